The maximum absolute atomic E-state index is 12.5. The van der Waals surface area contributed by atoms with Crippen molar-refractivity contribution in [3.05, 3.63) is 65.2 Å². The lowest BCUT2D eigenvalue weighted by atomic mass is 10.1. The molecule has 0 bridgehead atoms. The van der Waals surface area contributed by atoms with E-state index in [1.54, 1.807) is 6.07 Å². The number of fused-ring (bicyclic) bond motifs is 1. The minimum atomic E-state index is -4.36. The van der Waals surface area contributed by atoms with Crippen LogP contribution < -0.4 is 10.1 Å². The molecule has 1 atom stereocenters. The van der Waals surface area contributed by atoms with Crippen LogP contribution in [0.1, 0.15) is 16.7 Å². The molecule has 0 radical (unpaired) electrons. The molecule has 0 aliphatic carbocycles. The largest absolute Gasteiger partial charge is 0.480 e. The Morgan fingerprint density at radius 1 is 1.13 bits per heavy atom. The summed E-state index contributed by atoms with van der Waals surface area (Å²) in [4.78, 5) is 12.1. The van der Waals surface area contributed by atoms with E-state index in [0.717, 1.165) is 17.7 Å². The first-order valence-electron chi connectivity index (χ1n) is 7.12. The van der Waals surface area contributed by atoms with E-state index in [1.807, 2.05) is 18.2 Å². The number of ether oxygens (including phenoxy) is 1. The van der Waals surface area contributed by atoms with E-state index in [-0.39, 0.29) is 12.5 Å². The number of carbonyl (C=O) groups is 1. The highest BCUT2D eigenvalue weighted by Crippen LogP contribution is 2.29. The molecule has 0 saturated carbocycles. The first-order chi connectivity index (χ1) is 10.9. The summed E-state index contributed by atoms with van der Waals surface area (Å²) in [5, 5.41) is 2.69. The van der Waals surface area contributed by atoms with Crippen molar-refractivity contribution in [3.63, 3.8) is 0 Å². The number of alkyl halides is 3. The molecule has 6 heteroatoms. The molecule has 1 amide bonds. The first kappa shape index (κ1) is 15.4. The Hall–Kier alpha value is -2.50. The fraction of sp³-hybridized carbons (Fsp3) is 0.235. The molecule has 120 valence electrons. The highest BCUT2D eigenvalue weighted by Gasteiger charge is 2.30. The number of hydrogen-bond donors (Lipinski definition) is 1. The average molecular weight is 321 g/mol. The predicted molar refractivity (Wildman–Crippen MR) is 77.9 cm³/mol. The second kappa shape index (κ2) is 5.95. The molecule has 1 aliphatic rings. The predicted octanol–water partition coefficient (Wildman–Crippen LogP) is 3.33. The molecule has 3 nitrogen and oxygen atoms in total. The number of benzene rings is 2. The second-order valence-corrected chi connectivity index (χ2v) is 5.33. The van der Waals surface area contributed by atoms with Gasteiger partial charge in [-0.1, -0.05) is 30.3 Å². The van der Waals surface area contributed by atoms with Gasteiger partial charge in [0.25, 0.3) is 5.91 Å². The molecule has 0 aromatic heterocycles. The van der Waals surface area contributed by atoms with Crippen LogP contribution in [0.25, 0.3) is 0 Å². The van der Waals surface area contributed by atoms with Crippen molar-refractivity contribution in [2.24, 2.45) is 0 Å². The molecule has 2 aromatic rings. The summed E-state index contributed by atoms with van der Waals surface area (Å²) in [5.41, 5.74) is 0.867. The number of amides is 1. The van der Waals surface area contributed by atoms with Crippen LogP contribution in [0.2, 0.25) is 0 Å². The average Bonchev–Trinajstić information content (AvgIpc) is 2.96. The lowest BCUT2D eigenvalue weighted by Gasteiger charge is -2.12. The summed E-state index contributed by atoms with van der Waals surface area (Å²) in [5.74, 6) is 0.420. The van der Waals surface area contributed by atoms with Crippen molar-refractivity contribution >= 4 is 5.91 Å². The van der Waals surface area contributed by atoms with Crippen LogP contribution in [0.3, 0.4) is 0 Å². The maximum Gasteiger partial charge on any atom is 0.416 e. The summed E-state index contributed by atoms with van der Waals surface area (Å²) in [6, 6.07) is 12.1. The van der Waals surface area contributed by atoms with Crippen molar-refractivity contribution < 1.29 is 22.7 Å². The van der Waals surface area contributed by atoms with Gasteiger partial charge in [-0.2, -0.15) is 13.2 Å². The van der Waals surface area contributed by atoms with E-state index in [4.69, 9.17) is 4.74 Å². The van der Waals surface area contributed by atoms with E-state index in [9.17, 15) is 18.0 Å². The van der Waals surface area contributed by atoms with E-state index in [0.29, 0.717) is 17.7 Å². The minimum absolute atomic E-state index is 0.160. The third-order valence-electron chi connectivity index (χ3n) is 3.69. The number of rotatable bonds is 3. The molecule has 0 saturated heterocycles. The SMILES string of the molecule is O=C(NCc1ccc(C(F)(F)F)cc1)C1Cc2ccccc2O1. The van der Waals surface area contributed by atoms with E-state index in [1.165, 1.54) is 12.1 Å². The van der Waals surface area contributed by atoms with Crippen LogP contribution in [0.4, 0.5) is 13.2 Å². The quantitative estimate of drug-likeness (QED) is 0.942. The molecule has 1 aliphatic heterocycles. The molecule has 1 N–H and O–H groups in total. The number of para-hydroxylation sites is 1. The zero-order valence-corrected chi connectivity index (χ0v) is 12.1. The van der Waals surface area contributed by atoms with Gasteiger partial charge < -0.3 is 10.1 Å². The Morgan fingerprint density at radius 2 is 1.83 bits per heavy atom. The summed E-state index contributed by atoms with van der Waals surface area (Å²) >= 11 is 0. The van der Waals surface area contributed by atoms with Crippen molar-refractivity contribution in [2.45, 2.75) is 25.2 Å². The normalized spacial score (nSPS) is 16.6. The highest BCUT2D eigenvalue weighted by atomic mass is 19.4. The standard InChI is InChI=1S/C17H14F3NO2/c18-17(19,20)13-7-5-11(6-8-13)10-21-16(22)15-9-12-3-1-2-4-14(12)23-15/h1-8,15H,9-10H2,(H,21,22). The van der Waals surface area contributed by atoms with Gasteiger partial charge >= 0.3 is 6.18 Å². The number of hydrogen-bond acceptors (Lipinski definition) is 2. The molecule has 1 heterocycles. The summed E-state index contributed by atoms with van der Waals surface area (Å²) < 4.78 is 43.0. The Balaban J connectivity index is 1.56. The van der Waals surface area contributed by atoms with E-state index >= 15 is 0 Å². The molecule has 2 aromatic carbocycles. The van der Waals surface area contributed by atoms with Crippen LogP contribution in [0.15, 0.2) is 48.5 Å². The highest BCUT2D eigenvalue weighted by molar-refractivity contribution is 5.82. The topological polar surface area (TPSA) is 38.3 Å². The lowest BCUT2D eigenvalue weighted by Crippen LogP contribution is -2.37. The second-order valence-electron chi connectivity index (χ2n) is 5.33. The molecular weight excluding hydrogens is 307 g/mol. The summed E-state index contributed by atoms with van der Waals surface area (Å²) in [6.07, 6.45) is -4.46. The van der Waals surface area contributed by atoms with Crippen molar-refractivity contribution in [3.8, 4) is 5.75 Å². The Morgan fingerprint density at radius 3 is 2.48 bits per heavy atom. The van der Waals surface area contributed by atoms with Crippen LogP contribution >= 0.6 is 0 Å². The van der Waals surface area contributed by atoms with Crippen molar-refractivity contribution in [1.29, 1.82) is 0 Å². The van der Waals surface area contributed by atoms with Crippen LogP contribution in [-0.4, -0.2) is 12.0 Å². The maximum atomic E-state index is 12.5. The Bertz CT molecular complexity index is 686. The molecular formula is C17H14F3NO2. The number of halogens is 3. The summed E-state index contributed by atoms with van der Waals surface area (Å²) in [7, 11) is 0. The van der Waals surface area contributed by atoms with Crippen molar-refractivity contribution in [2.75, 3.05) is 0 Å². The zero-order valence-electron chi connectivity index (χ0n) is 12.1. The molecule has 3 rings (SSSR count). The fourth-order valence-electron chi connectivity index (χ4n) is 2.44. The number of carbonyl (C=O) groups excluding carboxylic acids is 1. The van der Waals surface area contributed by atoms with E-state index in [2.05, 4.69) is 5.32 Å². The smallest absolute Gasteiger partial charge is 0.416 e. The molecule has 23 heavy (non-hydrogen) atoms. The lowest BCUT2D eigenvalue weighted by molar-refractivity contribution is -0.137. The number of nitrogens with one attached hydrogen (secondary N) is 1. The van der Waals surface area contributed by atoms with Crippen LogP contribution in [-0.2, 0) is 23.9 Å². The van der Waals surface area contributed by atoms with Gasteiger partial charge in [-0.15, -0.1) is 0 Å². The Labute approximate surface area is 131 Å². The van der Waals surface area contributed by atoms with E-state index < -0.39 is 17.8 Å². The van der Waals surface area contributed by atoms with Gasteiger partial charge in [0.1, 0.15) is 5.75 Å². The monoisotopic (exact) mass is 321 g/mol. The molecule has 0 spiro atoms. The summed E-state index contributed by atoms with van der Waals surface area (Å²) in [6.45, 7) is 0.160. The minimum Gasteiger partial charge on any atom is -0.480 e. The van der Waals surface area contributed by atoms with Crippen LogP contribution in [0.5, 0.6) is 5.75 Å². The van der Waals surface area contributed by atoms with Crippen molar-refractivity contribution in [1.82, 2.24) is 5.32 Å². The van der Waals surface area contributed by atoms with Gasteiger partial charge in [0.2, 0.25) is 0 Å². The molecule has 1 unspecified atom stereocenters. The first-order valence-corrected chi connectivity index (χ1v) is 7.12. The van der Waals surface area contributed by atoms with Gasteiger partial charge in [-0.3, -0.25) is 4.79 Å². The third-order valence-corrected chi connectivity index (χ3v) is 3.69. The third kappa shape index (κ3) is 3.47. The fourth-order valence-corrected chi connectivity index (χ4v) is 2.44. The molecule has 0 fully saturated rings. The van der Waals surface area contributed by atoms with Gasteiger partial charge in [0.15, 0.2) is 6.10 Å². The van der Waals surface area contributed by atoms with Gasteiger partial charge in [-0.25, -0.2) is 0 Å². The van der Waals surface area contributed by atoms with Crippen LogP contribution in [0, 0.1) is 0 Å². The van der Waals surface area contributed by atoms with Gasteiger partial charge in [-0.05, 0) is 29.3 Å². The van der Waals surface area contributed by atoms with Gasteiger partial charge in [0.05, 0.1) is 5.56 Å². The zero-order chi connectivity index (χ0) is 16.4. The Kier molecular flexibility index (Phi) is 3.98. The van der Waals surface area contributed by atoms with Gasteiger partial charge in [0, 0.05) is 13.0 Å².